The normalized spacial score (nSPS) is 11.2. The third-order valence-corrected chi connectivity index (χ3v) is 1.89. The highest BCUT2D eigenvalue weighted by Gasteiger charge is 2.11. The summed E-state index contributed by atoms with van der Waals surface area (Å²) in [5.74, 6) is -0.0140. The van der Waals surface area contributed by atoms with Gasteiger partial charge in [-0.3, -0.25) is 19.9 Å². The summed E-state index contributed by atoms with van der Waals surface area (Å²) in [5.41, 5.74) is 0.804. The minimum absolute atomic E-state index is 0.0140. The maximum Gasteiger partial charge on any atom is 0.294 e. The molecular formula is C11H12N2O3. The Labute approximate surface area is 93.0 Å². The molecule has 0 aromatic heterocycles. The molecule has 0 aliphatic heterocycles. The fourth-order valence-corrected chi connectivity index (χ4v) is 1.32. The second-order valence-electron chi connectivity index (χ2n) is 3.47. The zero-order valence-corrected chi connectivity index (χ0v) is 9.14. The number of nitro groups is 1. The zero-order chi connectivity index (χ0) is 12.1. The van der Waals surface area contributed by atoms with Crippen molar-refractivity contribution >= 4 is 22.9 Å². The molecule has 5 heteroatoms. The topological polar surface area (TPSA) is 72.6 Å². The number of carbonyl (C=O) groups excluding carboxylic acids is 1. The second-order valence-corrected chi connectivity index (χ2v) is 3.47. The number of carbonyl (C=O) groups is 1. The molecule has 84 valence electrons. The molecule has 1 aromatic carbocycles. The van der Waals surface area contributed by atoms with Gasteiger partial charge in [-0.2, -0.15) is 0 Å². The fraction of sp³-hybridized carbons (Fsp3) is 0.273. The number of aliphatic imine (C=N–C) groups is 1. The van der Waals surface area contributed by atoms with E-state index in [1.165, 1.54) is 13.0 Å². The molecule has 0 fully saturated rings. The number of rotatable bonds is 4. The van der Waals surface area contributed by atoms with E-state index in [0.717, 1.165) is 0 Å². The first-order valence-electron chi connectivity index (χ1n) is 4.77. The van der Waals surface area contributed by atoms with E-state index in [1.807, 2.05) is 0 Å². The van der Waals surface area contributed by atoms with Crippen LogP contribution in [0.25, 0.3) is 0 Å². The van der Waals surface area contributed by atoms with Gasteiger partial charge in [-0.15, -0.1) is 0 Å². The van der Waals surface area contributed by atoms with E-state index < -0.39 is 4.92 Å². The van der Waals surface area contributed by atoms with Crippen LogP contribution in [0.2, 0.25) is 0 Å². The van der Waals surface area contributed by atoms with Crippen LogP contribution < -0.4 is 0 Å². The van der Waals surface area contributed by atoms with E-state index in [0.29, 0.717) is 5.71 Å². The van der Waals surface area contributed by atoms with Crippen LogP contribution in [0, 0.1) is 10.1 Å². The van der Waals surface area contributed by atoms with E-state index in [9.17, 15) is 14.9 Å². The average Bonchev–Trinajstić information content (AvgIpc) is 2.16. The van der Waals surface area contributed by atoms with Crippen molar-refractivity contribution in [2.75, 3.05) is 0 Å². The summed E-state index contributed by atoms with van der Waals surface area (Å²) < 4.78 is 0. The Morgan fingerprint density at radius 3 is 2.56 bits per heavy atom. The molecule has 1 aromatic rings. The van der Waals surface area contributed by atoms with Crippen molar-refractivity contribution < 1.29 is 9.72 Å². The third-order valence-electron chi connectivity index (χ3n) is 1.89. The molecule has 0 amide bonds. The summed E-state index contributed by atoms with van der Waals surface area (Å²) in [4.78, 5) is 25.1. The molecule has 0 saturated heterocycles. The number of nitro benzene ring substituents is 1. The van der Waals surface area contributed by atoms with Gasteiger partial charge in [-0.25, -0.2) is 0 Å². The standard InChI is InChI=1S/C11H12N2O3/c1-8(7-9(2)14)12-10-5-3-4-6-11(10)13(15)16/h3-6H,7H2,1-2H3. The first kappa shape index (κ1) is 12.0. The highest BCUT2D eigenvalue weighted by Crippen LogP contribution is 2.26. The van der Waals surface area contributed by atoms with Gasteiger partial charge in [0.2, 0.25) is 0 Å². The van der Waals surface area contributed by atoms with Gasteiger partial charge in [-0.1, -0.05) is 12.1 Å². The molecule has 0 bridgehead atoms. The maximum absolute atomic E-state index is 10.8. The molecule has 1 rings (SSSR count). The largest absolute Gasteiger partial charge is 0.300 e. The van der Waals surface area contributed by atoms with E-state index >= 15 is 0 Å². The summed E-state index contributed by atoms with van der Waals surface area (Å²) in [5, 5.41) is 10.7. The fourth-order valence-electron chi connectivity index (χ4n) is 1.32. The van der Waals surface area contributed by atoms with Gasteiger partial charge in [0.1, 0.15) is 11.5 Å². The van der Waals surface area contributed by atoms with Gasteiger partial charge in [0.05, 0.1) is 4.92 Å². The number of ketones is 1. The summed E-state index contributed by atoms with van der Waals surface area (Å²) in [6.07, 6.45) is 0.214. The van der Waals surface area contributed by atoms with Crippen molar-refractivity contribution in [3.8, 4) is 0 Å². The van der Waals surface area contributed by atoms with Gasteiger partial charge in [0.15, 0.2) is 0 Å². The van der Waals surface area contributed by atoms with Gasteiger partial charge < -0.3 is 0 Å². The Morgan fingerprint density at radius 1 is 1.38 bits per heavy atom. The monoisotopic (exact) mass is 220 g/mol. The number of Topliss-reactive ketones (excluding diaryl/α,β-unsaturated/α-hetero) is 1. The first-order chi connectivity index (χ1) is 7.50. The van der Waals surface area contributed by atoms with Crippen LogP contribution in [0.5, 0.6) is 0 Å². The lowest BCUT2D eigenvalue weighted by molar-refractivity contribution is -0.384. The lowest BCUT2D eigenvalue weighted by atomic mass is 10.2. The number of hydrogen-bond donors (Lipinski definition) is 0. The molecule has 0 spiro atoms. The summed E-state index contributed by atoms with van der Waals surface area (Å²) in [6.45, 7) is 3.14. The van der Waals surface area contributed by atoms with E-state index in [-0.39, 0.29) is 23.6 Å². The zero-order valence-electron chi connectivity index (χ0n) is 9.14. The van der Waals surface area contributed by atoms with Crippen molar-refractivity contribution in [3.63, 3.8) is 0 Å². The van der Waals surface area contributed by atoms with E-state index in [2.05, 4.69) is 4.99 Å². The SMILES string of the molecule is CC(=O)CC(C)=Nc1ccccc1[N+](=O)[O-]. The molecule has 0 radical (unpaired) electrons. The van der Waals surface area contributed by atoms with Gasteiger partial charge >= 0.3 is 0 Å². The Kier molecular flexibility index (Phi) is 3.88. The first-order valence-corrected chi connectivity index (χ1v) is 4.77. The second kappa shape index (κ2) is 5.16. The van der Waals surface area contributed by atoms with E-state index in [1.54, 1.807) is 25.1 Å². The van der Waals surface area contributed by atoms with Crippen LogP contribution in [0.15, 0.2) is 29.3 Å². The third kappa shape index (κ3) is 3.27. The average molecular weight is 220 g/mol. The lowest BCUT2D eigenvalue weighted by Crippen LogP contribution is -1.99. The van der Waals surface area contributed by atoms with Crippen LogP contribution in [-0.4, -0.2) is 16.4 Å². The molecule has 0 aliphatic rings. The lowest BCUT2D eigenvalue weighted by Gasteiger charge is -1.99. The van der Waals surface area contributed by atoms with Gasteiger partial charge in [0, 0.05) is 18.2 Å². The maximum atomic E-state index is 10.8. The highest BCUT2D eigenvalue weighted by molar-refractivity contribution is 6.01. The summed E-state index contributed by atoms with van der Waals surface area (Å²) in [7, 11) is 0. The number of para-hydroxylation sites is 2. The quantitative estimate of drug-likeness (QED) is 0.444. The van der Waals surface area contributed by atoms with Crippen molar-refractivity contribution in [1.29, 1.82) is 0 Å². The Balaban J connectivity index is 3.04. The van der Waals surface area contributed by atoms with Crippen LogP contribution in [0.4, 0.5) is 11.4 Å². The highest BCUT2D eigenvalue weighted by atomic mass is 16.6. The van der Waals surface area contributed by atoms with Crippen LogP contribution in [-0.2, 0) is 4.79 Å². The van der Waals surface area contributed by atoms with Crippen molar-refractivity contribution in [3.05, 3.63) is 34.4 Å². The number of nitrogens with zero attached hydrogens (tertiary/aromatic N) is 2. The van der Waals surface area contributed by atoms with Crippen LogP contribution >= 0.6 is 0 Å². The molecular weight excluding hydrogens is 208 g/mol. The molecule has 5 nitrogen and oxygen atoms in total. The van der Waals surface area contributed by atoms with Crippen molar-refractivity contribution in [1.82, 2.24) is 0 Å². The Morgan fingerprint density at radius 2 is 2.00 bits per heavy atom. The Bertz CT molecular complexity index is 452. The molecule has 0 N–H and O–H groups in total. The molecule has 0 saturated carbocycles. The van der Waals surface area contributed by atoms with Crippen LogP contribution in [0.1, 0.15) is 20.3 Å². The van der Waals surface area contributed by atoms with Crippen molar-refractivity contribution in [2.24, 2.45) is 4.99 Å². The smallest absolute Gasteiger partial charge is 0.294 e. The molecule has 0 atom stereocenters. The van der Waals surface area contributed by atoms with Gasteiger partial charge in [-0.05, 0) is 19.9 Å². The minimum atomic E-state index is -0.486. The molecule has 16 heavy (non-hydrogen) atoms. The van der Waals surface area contributed by atoms with Gasteiger partial charge in [0.25, 0.3) is 5.69 Å². The molecule has 0 heterocycles. The number of benzene rings is 1. The predicted molar refractivity (Wildman–Crippen MR) is 61.2 cm³/mol. The predicted octanol–water partition coefficient (Wildman–Crippen LogP) is 2.67. The van der Waals surface area contributed by atoms with Crippen LogP contribution in [0.3, 0.4) is 0 Å². The summed E-state index contributed by atoms with van der Waals surface area (Å²) in [6, 6.07) is 6.20. The summed E-state index contributed by atoms with van der Waals surface area (Å²) >= 11 is 0. The Hall–Kier alpha value is -2.04. The number of hydrogen-bond acceptors (Lipinski definition) is 4. The van der Waals surface area contributed by atoms with Crippen molar-refractivity contribution in [2.45, 2.75) is 20.3 Å². The molecule has 0 unspecified atom stereocenters. The molecule has 0 aliphatic carbocycles. The van der Waals surface area contributed by atoms with E-state index in [4.69, 9.17) is 0 Å². The minimum Gasteiger partial charge on any atom is -0.300 e.